The third-order valence-corrected chi connectivity index (χ3v) is 6.98. The van der Waals surface area contributed by atoms with Crippen LogP contribution < -0.4 is 5.56 Å². The second kappa shape index (κ2) is 10.6. The van der Waals surface area contributed by atoms with Gasteiger partial charge in [-0.2, -0.15) is 0 Å². The number of carbonyl (C=O) groups is 2. The van der Waals surface area contributed by atoms with Crippen molar-refractivity contribution in [2.75, 3.05) is 26.2 Å². The summed E-state index contributed by atoms with van der Waals surface area (Å²) >= 11 is 0. The highest BCUT2D eigenvalue weighted by molar-refractivity contribution is 5.94. The van der Waals surface area contributed by atoms with Gasteiger partial charge in [-0.25, -0.2) is 9.37 Å². The molecule has 36 heavy (non-hydrogen) atoms. The number of nitrogens with zero attached hydrogens (tertiary/aromatic N) is 3. The van der Waals surface area contributed by atoms with Gasteiger partial charge in [0.1, 0.15) is 11.6 Å². The van der Waals surface area contributed by atoms with E-state index in [-0.39, 0.29) is 41.8 Å². The first-order valence-corrected chi connectivity index (χ1v) is 12.4. The molecule has 0 saturated carbocycles. The number of fused-ring (bicyclic) bond motifs is 1. The molecule has 2 saturated heterocycles. The number of carbonyl (C=O) groups excluding carboxylic acids is 2. The zero-order chi connectivity index (χ0) is 25.1. The van der Waals surface area contributed by atoms with E-state index in [1.165, 1.54) is 24.3 Å². The summed E-state index contributed by atoms with van der Waals surface area (Å²) < 4.78 is 19.0. The van der Waals surface area contributed by atoms with Crippen LogP contribution in [0.2, 0.25) is 0 Å². The van der Waals surface area contributed by atoms with E-state index in [9.17, 15) is 18.8 Å². The number of hydrogen-bond acceptors (Lipinski definition) is 5. The number of aromatic amines is 1. The van der Waals surface area contributed by atoms with Crippen molar-refractivity contribution >= 4 is 22.7 Å². The van der Waals surface area contributed by atoms with E-state index in [1.807, 2.05) is 6.07 Å². The number of para-hydroxylation sites is 1. The maximum Gasteiger partial charge on any atom is 0.258 e. The van der Waals surface area contributed by atoms with Gasteiger partial charge in [0.2, 0.25) is 5.91 Å². The van der Waals surface area contributed by atoms with Crippen molar-refractivity contribution in [1.82, 2.24) is 19.8 Å². The molecule has 2 aliphatic heterocycles. The lowest BCUT2D eigenvalue weighted by atomic mass is 9.94. The molecule has 0 unspecified atom stereocenters. The number of amides is 2. The lowest BCUT2D eigenvalue weighted by molar-refractivity contribution is -0.139. The molecule has 0 aliphatic carbocycles. The SMILES string of the molecule is O=C(c1ccc(F)cc1)N1CCC(C(=O)N(Cc2nc3ccccc3c(=O)[nH]2)C[C@@H]2CCCO2)CC1. The minimum absolute atomic E-state index is 0.0183. The molecule has 1 atom stereocenters. The Morgan fingerprint density at radius 2 is 1.83 bits per heavy atom. The van der Waals surface area contributed by atoms with Gasteiger partial charge in [0.15, 0.2) is 0 Å². The first-order chi connectivity index (χ1) is 17.5. The van der Waals surface area contributed by atoms with E-state index < -0.39 is 0 Å². The average Bonchev–Trinajstić information content (AvgIpc) is 3.41. The van der Waals surface area contributed by atoms with Crippen molar-refractivity contribution in [3.63, 3.8) is 0 Å². The van der Waals surface area contributed by atoms with Crippen LogP contribution in [0.5, 0.6) is 0 Å². The number of hydrogen-bond donors (Lipinski definition) is 1. The van der Waals surface area contributed by atoms with Gasteiger partial charge in [0.05, 0.1) is 23.6 Å². The van der Waals surface area contributed by atoms with E-state index in [4.69, 9.17) is 4.74 Å². The summed E-state index contributed by atoms with van der Waals surface area (Å²) in [6, 6.07) is 12.6. The number of benzene rings is 2. The molecule has 3 aromatic rings. The molecule has 2 amide bonds. The number of nitrogens with one attached hydrogen (secondary N) is 1. The van der Waals surface area contributed by atoms with Crippen LogP contribution in [0.4, 0.5) is 4.39 Å². The molecule has 0 spiro atoms. The smallest absolute Gasteiger partial charge is 0.258 e. The number of likely N-dealkylation sites (tertiary alicyclic amines) is 1. The quantitative estimate of drug-likeness (QED) is 0.571. The Morgan fingerprint density at radius 3 is 2.56 bits per heavy atom. The van der Waals surface area contributed by atoms with Crippen molar-refractivity contribution in [2.45, 2.75) is 38.3 Å². The third-order valence-electron chi connectivity index (χ3n) is 6.98. The van der Waals surface area contributed by atoms with Crippen LogP contribution in [0.1, 0.15) is 41.9 Å². The lowest BCUT2D eigenvalue weighted by Crippen LogP contribution is -2.46. The Balaban J connectivity index is 1.29. The maximum absolute atomic E-state index is 13.6. The summed E-state index contributed by atoms with van der Waals surface area (Å²) in [4.78, 5) is 49.8. The van der Waals surface area contributed by atoms with Crippen molar-refractivity contribution in [1.29, 1.82) is 0 Å². The van der Waals surface area contributed by atoms with Crippen LogP contribution in [-0.2, 0) is 16.1 Å². The molecule has 2 fully saturated rings. The highest BCUT2D eigenvalue weighted by Crippen LogP contribution is 2.24. The highest BCUT2D eigenvalue weighted by atomic mass is 19.1. The summed E-state index contributed by atoms with van der Waals surface area (Å²) in [5.41, 5.74) is 0.800. The second-order valence-electron chi connectivity index (χ2n) is 9.46. The van der Waals surface area contributed by atoms with Crippen LogP contribution in [0.15, 0.2) is 53.3 Å². The van der Waals surface area contributed by atoms with Crippen LogP contribution in [0.25, 0.3) is 10.9 Å². The van der Waals surface area contributed by atoms with Crippen LogP contribution in [0, 0.1) is 11.7 Å². The van der Waals surface area contributed by atoms with Crippen LogP contribution in [-0.4, -0.2) is 63.9 Å². The number of aromatic nitrogens is 2. The van der Waals surface area contributed by atoms with Gasteiger partial charge in [-0.3, -0.25) is 14.4 Å². The van der Waals surface area contributed by atoms with Gasteiger partial charge >= 0.3 is 0 Å². The topological polar surface area (TPSA) is 95.6 Å². The molecule has 8 nitrogen and oxygen atoms in total. The number of halogens is 1. The number of H-pyrrole nitrogens is 1. The molecule has 1 aromatic heterocycles. The van der Waals surface area contributed by atoms with Crippen LogP contribution >= 0.6 is 0 Å². The molecular formula is C27H29FN4O4. The Bertz CT molecular complexity index is 1300. The van der Waals surface area contributed by atoms with Gasteiger partial charge in [-0.05, 0) is 62.1 Å². The zero-order valence-electron chi connectivity index (χ0n) is 20.0. The van der Waals surface area contributed by atoms with Crippen molar-refractivity contribution < 1.29 is 18.7 Å². The summed E-state index contributed by atoms with van der Waals surface area (Å²) in [5.74, 6) is -0.362. The monoisotopic (exact) mass is 492 g/mol. The van der Waals surface area contributed by atoms with Gasteiger partial charge in [-0.15, -0.1) is 0 Å². The average molecular weight is 493 g/mol. The predicted molar refractivity (Wildman–Crippen MR) is 132 cm³/mol. The Morgan fingerprint density at radius 1 is 1.08 bits per heavy atom. The Kier molecular flexibility index (Phi) is 7.09. The first kappa shape index (κ1) is 24.1. The standard InChI is InChI=1S/C27H29FN4O4/c28-20-9-7-18(8-10-20)26(34)31-13-11-19(12-14-31)27(35)32(16-21-4-3-15-36-21)17-24-29-23-6-2-1-5-22(23)25(33)30-24/h1-2,5-10,19,21H,3-4,11-17H2,(H,29,30,33)/t21-/m0/s1. The normalized spacial score (nSPS) is 18.5. The van der Waals surface area contributed by atoms with Crippen molar-refractivity contribution in [2.24, 2.45) is 5.92 Å². The summed E-state index contributed by atoms with van der Waals surface area (Å²) in [6.07, 6.45) is 2.88. The summed E-state index contributed by atoms with van der Waals surface area (Å²) in [7, 11) is 0. The Hall–Kier alpha value is -3.59. The fourth-order valence-electron chi connectivity index (χ4n) is 5.02. The predicted octanol–water partition coefficient (Wildman–Crippen LogP) is 3.12. The largest absolute Gasteiger partial charge is 0.376 e. The van der Waals surface area contributed by atoms with Crippen molar-refractivity contribution in [3.8, 4) is 0 Å². The first-order valence-electron chi connectivity index (χ1n) is 12.4. The van der Waals surface area contributed by atoms with E-state index in [0.717, 1.165) is 12.8 Å². The lowest BCUT2D eigenvalue weighted by Gasteiger charge is -2.35. The molecular weight excluding hydrogens is 463 g/mol. The second-order valence-corrected chi connectivity index (χ2v) is 9.46. The summed E-state index contributed by atoms with van der Waals surface area (Å²) in [5, 5.41) is 0.511. The molecule has 2 aliphatic rings. The van der Waals surface area contributed by atoms with Gasteiger partial charge < -0.3 is 19.5 Å². The van der Waals surface area contributed by atoms with Crippen molar-refractivity contribution in [3.05, 3.63) is 76.1 Å². The van der Waals surface area contributed by atoms with Crippen LogP contribution in [0.3, 0.4) is 0 Å². The number of ether oxygens (including phenoxy) is 1. The third kappa shape index (κ3) is 5.31. The molecule has 0 bridgehead atoms. The van der Waals surface area contributed by atoms with Gasteiger partial charge in [-0.1, -0.05) is 12.1 Å². The maximum atomic E-state index is 13.6. The summed E-state index contributed by atoms with van der Waals surface area (Å²) in [6.45, 7) is 2.20. The van der Waals surface area contributed by atoms with E-state index in [0.29, 0.717) is 61.4 Å². The number of piperidine rings is 1. The molecule has 1 N–H and O–H groups in total. The molecule has 9 heteroatoms. The zero-order valence-corrected chi connectivity index (χ0v) is 20.0. The van der Waals surface area contributed by atoms with Gasteiger partial charge in [0.25, 0.3) is 11.5 Å². The van der Waals surface area contributed by atoms with E-state index in [2.05, 4.69) is 9.97 Å². The fraction of sp³-hybridized carbons (Fsp3) is 0.407. The fourth-order valence-corrected chi connectivity index (χ4v) is 5.02. The number of rotatable bonds is 6. The molecule has 2 aromatic carbocycles. The Labute approximate surface area is 208 Å². The molecule has 3 heterocycles. The molecule has 5 rings (SSSR count). The van der Waals surface area contributed by atoms with E-state index >= 15 is 0 Å². The van der Waals surface area contributed by atoms with Gasteiger partial charge in [0, 0.05) is 37.7 Å². The van der Waals surface area contributed by atoms with E-state index in [1.54, 1.807) is 28.0 Å². The molecule has 0 radical (unpaired) electrons. The molecule has 188 valence electrons. The minimum Gasteiger partial charge on any atom is -0.376 e. The minimum atomic E-state index is -0.385. The highest BCUT2D eigenvalue weighted by Gasteiger charge is 2.32.